The van der Waals surface area contributed by atoms with E-state index in [1.54, 1.807) is 0 Å². The Hall–Kier alpha value is -1.55. The Kier molecular flexibility index (Phi) is 4.43. The highest BCUT2D eigenvalue weighted by molar-refractivity contribution is 5.89. The molecule has 104 valence electrons. The molecule has 0 radical (unpaired) electrons. The van der Waals surface area contributed by atoms with Gasteiger partial charge < -0.3 is 15.1 Å². The van der Waals surface area contributed by atoms with E-state index in [0.29, 0.717) is 6.04 Å². The van der Waals surface area contributed by atoms with Crippen LogP contribution in [-0.4, -0.2) is 49.1 Å². The fourth-order valence-corrected chi connectivity index (χ4v) is 2.48. The first-order valence-corrected chi connectivity index (χ1v) is 6.85. The van der Waals surface area contributed by atoms with Gasteiger partial charge in [0.05, 0.1) is 0 Å². The average molecular weight is 261 g/mol. The second-order valence-corrected chi connectivity index (χ2v) is 5.44. The van der Waals surface area contributed by atoms with Crippen molar-refractivity contribution in [1.29, 1.82) is 0 Å². The van der Waals surface area contributed by atoms with Gasteiger partial charge in [0.25, 0.3) is 0 Å². The van der Waals surface area contributed by atoms with Gasteiger partial charge in [0.2, 0.25) is 0 Å². The summed E-state index contributed by atoms with van der Waals surface area (Å²) in [6.45, 7) is 4.15. The SMILES string of the molecule is Cc1cccc(NC(=O)N(C)C2CCN(C)CC2)c1. The highest BCUT2D eigenvalue weighted by Crippen LogP contribution is 2.16. The standard InChI is InChI=1S/C15H23N3O/c1-12-5-4-6-13(11-12)16-15(19)18(3)14-7-9-17(2)10-8-14/h4-6,11,14H,7-10H2,1-3H3,(H,16,19). The van der Waals surface area contributed by atoms with Crippen LogP contribution >= 0.6 is 0 Å². The van der Waals surface area contributed by atoms with Crippen LogP contribution in [-0.2, 0) is 0 Å². The molecule has 1 aliphatic heterocycles. The number of amides is 2. The van der Waals surface area contributed by atoms with Crippen LogP contribution in [0.5, 0.6) is 0 Å². The van der Waals surface area contributed by atoms with Gasteiger partial charge in [-0.1, -0.05) is 12.1 Å². The van der Waals surface area contributed by atoms with Crippen molar-refractivity contribution in [3.05, 3.63) is 29.8 Å². The zero-order valence-electron chi connectivity index (χ0n) is 12.0. The second-order valence-electron chi connectivity index (χ2n) is 5.44. The molecule has 19 heavy (non-hydrogen) atoms. The number of hydrogen-bond acceptors (Lipinski definition) is 2. The van der Waals surface area contributed by atoms with E-state index in [0.717, 1.165) is 37.2 Å². The Morgan fingerprint density at radius 1 is 1.37 bits per heavy atom. The zero-order valence-corrected chi connectivity index (χ0v) is 12.0. The Bertz CT molecular complexity index is 439. The minimum atomic E-state index is -0.0137. The molecule has 4 heteroatoms. The lowest BCUT2D eigenvalue weighted by Gasteiger charge is -2.35. The summed E-state index contributed by atoms with van der Waals surface area (Å²) in [4.78, 5) is 16.4. The maximum Gasteiger partial charge on any atom is 0.321 e. The van der Waals surface area contributed by atoms with Crippen molar-refractivity contribution >= 4 is 11.7 Å². The van der Waals surface area contributed by atoms with Gasteiger partial charge in [-0.05, 0) is 57.6 Å². The highest BCUT2D eigenvalue weighted by Gasteiger charge is 2.23. The molecular weight excluding hydrogens is 238 g/mol. The van der Waals surface area contributed by atoms with E-state index in [1.807, 2.05) is 43.1 Å². The molecule has 4 nitrogen and oxygen atoms in total. The summed E-state index contributed by atoms with van der Waals surface area (Å²) in [5.41, 5.74) is 2.02. The molecular formula is C15H23N3O. The summed E-state index contributed by atoms with van der Waals surface area (Å²) in [5, 5.41) is 2.96. The molecule has 1 aromatic rings. The largest absolute Gasteiger partial charge is 0.325 e. The normalized spacial score (nSPS) is 17.2. The summed E-state index contributed by atoms with van der Waals surface area (Å²) < 4.78 is 0. The minimum absolute atomic E-state index is 0.0137. The smallest absolute Gasteiger partial charge is 0.321 e. The monoisotopic (exact) mass is 261 g/mol. The number of piperidine rings is 1. The summed E-state index contributed by atoms with van der Waals surface area (Å²) in [6, 6.07) is 8.23. The quantitative estimate of drug-likeness (QED) is 0.888. The van der Waals surface area contributed by atoms with Crippen LogP contribution < -0.4 is 5.32 Å². The van der Waals surface area contributed by atoms with E-state index in [2.05, 4.69) is 17.3 Å². The van der Waals surface area contributed by atoms with Gasteiger partial charge in [-0.15, -0.1) is 0 Å². The zero-order chi connectivity index (χ0) is 13.8. The molecule has 0 spiro atoms. The number of nitrogens with one attached hydrogen (secondary N) is 1. The van der Waals surface area contributed by atoms with Gasteiger partial charge in [0.1, 0.15) is 0 Å². The van der Waals surface area contributed by atoms with Crippen molar-refractivity contribution in [3.8, 4) is 0 Å². The number of benzene rings is 1. The van der Waals surface area contributed by atoms with E-state index in [4.69, 9.17) is 0 Å². The summed E-state index contributed by atoms with van der Waals surface area (Å²) >= 11 is 0. The summed E-state index contributed by atoms with van der Waals surface area (Å²) in [5.74, 6) is 0. The average Bonchev–Trinajstić information content (AvgIpc) is 2.39. The number of anilines is 1. The van der Waals surface area contributed by atoms with E-state index in [-0.39, 0.29) is 6.03 Å². The lowest BCUT2D eigenvalue weighted by Crippen LogP contribution is -2.46. The predicted octanol–water partition coefficient (Wildman–Crippen LogP) is 2.55. The number of rotatable bonds is 2. The maximum atomic E-state index is 12.2. The molecule has 0 atom stereocenters. The van der Waals surface area contributed by atoms with Gasteiger partial charge in [-0.25, -0.2) is 4.79 Å². The minimum Gasteiger partial charge on any atom is -0.325 e. The molecule has 1 N–H and O–H groups in total. The molecule has 0 aromatic heterocycles. The topological polar surface area (TPSA) is 35.6 Å². The fraction of sp³-hybridized carbons (Fsp3) is 0.533. The van der Waals surface area contributed by atoms with Gasteiger partial charge in [-0.2, -0.15) is 0 Å². The first-order chi connectivity index (χ1) is 9.06. The number of urea groups is 1. The molecule has 0 saturated carbocycles. The number of likely N-dealkylation sites (tertiary alicyclic amines) is 1. The molecule has 1 aromatic carbocycles. The Morgan fingerprint density at radius 3 is 2.68 bits per heavy atom. The fourth-order valence-electron chi connectivity index (χ4n) is 2.48. The van der Waals surface area contributed by atoms with Crippen molar-refractivity contribution in [2.45, 2.75) is 25.8 Å². The van der Waals surface area contributed by atoms with Crippen molar-refractivity contribution < 1.29 is 4.79 Å². The van der Waals surface area contributed by atoms with Crippen molar-refractivity contribution in [1.82, 2.24) is 9.80 Å². The van der Waals surface area contributed by atoms with Crippen molar-refractivity contribution in [2.75, 3.05) is 32.5 Å². The van der Waals surface area contributed by atoms with Gasteiger partial charge in [-0.3, -0.25) is 0 Å². The van der Waals surface area contributed by atoms with E-state index in [1.165, 1.54) is 0 Å². The van der Waals surface area contributed by atoms with Crippen LogP contribution in [0.1, 0.15) is 18.4 Å². The highest BCUT2D eigenvalue weighted by atomic mass is 16.2. The predicted molar refractivity (Wildman–Crippen MR) is 78.5 cm³/mol. The number of nitrogens with zero attached hydrogens (tertiary/aromatic N) is 2. The van der Waals surface area contributed by atoms with Crippen molar-refractivity contribution in [2.24, 2.45) is 0 Å². The molecule has 1 saturated heterocycles. The van der Waals surface area contributed by atoms with E-state index >= 15 is 0 Å². The van der Waals surface area contributed by atoms with Crippen LogP contribution in [0.3, 0.4) is 0 Å². The van der Waals surface area contributed by atoms with Crippen LogP contribution in [0.4, 0.5) is 10.5 Å². The summed E-state index contributed by atoms with van der Waals surface area (Å²) in [7, 11) is 4.02. The second kappa shape index (κ2) is 6.06. The lowest BCUT2D eigenvalue weighted by atomic mass is 10.0. The Balaban J connectivity index is 1.92. The molecule has 1 aliphatic rings. The third-order valence-electron chi connectivity index (χ3n) is 3.83. The Labute approximate surface area is 115 Å². The first kappa shape index (κ1) is 13.9. The molecule has 1 fully saturated rings. The molecule has 0 unspecified atom stereocenters. The number of carbonyl (C=O) groups is 1. The summed E-state index contributed by atoms with van der Waals surface area (Å²) in [6.07, 6.45) is 2.10. The number of hydrogen-bond donors (Lipinski definition) is 1. The van der Waals surface area contributed by atoms with E-state index in [9.17, 15) is 4.79 Å². The van der Waals surface area contributed by atoms with Gasteiger partial charge in [0.15, 0.2) is 0 Å². The van der Waals surface area contributed by atoms with E-state index < -0.39 is 0 Å². The number of aryl methyl sites for hydroxylation is 1. The van der Waals surface area contributed by atoms with Crippen LogP contribution in [0.15, 0.2) is 24.3 Å². The Morgan fingerprint density at radius 2 is 2.05 bits per heavy atom. The first-order valence-electron chi connectivity index (χ1n) is 6.85. The molecule has 2 amide bonds. The molecule has 1 heterocycles. The van der Waals surface area contributed by atoms with Crippen molar-refractivity contribution in [3.63, 3.8) is 0 Å². The molecule has 2 rings (SSSR count). The third-order valence-corrected chi connectivity index (χ3v) is 3.83. The van der Waals surface area contributed by atoms with Gasteiger partial charge in [0, 0.05) is 18.8 Å². The lowest BCUT2D eigenvalue weighted by molar-refractivity contribution is 0.156. The third kappa shape index (κ3) is 3.70. The van der Waals surface area contributed by atoms with Crippen LogP contribution in [0, 0.1) is 6.92 Å². The molecule has 0 aliphatic carbocycles. The maximum absolute atomic E-state index is 12.2. The molecule has 0 bridgehead atoms. The van der Waals surface area contributed by atoms with Gasteiger partial charge >= 0.3 is 6.03 Å². The number of carbonyl (C=O) groups excluding carboxylic acids is 1. The van der Waals surface area contributed by atoms with Crippen LogP contribution in [0.2, 0.25) is 0 Å². The van der Waals surface area contributed by atoms with Crippen LogP contribution in [0.25, 0.3) is 0 Å².